The number of para-hydroxylation sites is 1. The molecule has 0 aliphatic rings. The van der Waals surface area contributed by atoms with E-state index in [1.54, 1.807) is 14.2 Å². The molecule has 0 amide bonds. The van der Waals surface area contributed by atoms with Crippen LogP contribution in [0.4, 0.5) is 13.2 Å². The van der Waals surface area contributed by atoms with Crippen molar-refractivity contribution in [3.05, 3.63) is 66.1 Å². The number of rotatable bonds is 7. The average Bonchev–Trinajstić information content (AvgIpc) is 3.20. The highest BCUT2D eigenvalue weighted by Gasteiger charge is 2.38. The Morgan fingerprint density at radius 1 is 1.09 bits per heavy atom. The van der Waals surface area contributed by atoms with Crippen LogP contribution in [0.25, 0.3) is 11.3 Å². The van der Waals surface area contributed by atoms with Crippen molar-refractivity contribution in [2.45, 2.75) is 32.5 Å². The Morgan fingerprint density at radius 2 is 1.78 bits per heavy atom. The molecule has 2 aromatic carbocycles. The predicted octanol–water partition coefficient (Wildman–Crippen LogP) is 5.01. The van der Waals surface area contributed by atoms with Crippen molar-refractivity contribution in [3.8, 4) is 22.8 Å². The molecular formula is C23H25F3N2O4. The monoisotopic (exact) mass is 450 g/mol. The number of carboxylic acid groups (broad SMARTS) is 1. The first-order chi connectivity index (χ1) is 15.2. The molecule has 1 heterocycles. The van der Waals surface area contributed by atoms with Gasteiger partial charge in [-0.25, -0.2) is 9.78 Å². The third kappa shape index (κ3) is 6.50. The van der Waals surface area contributed by atoms with Crippen LogP contribution in [0.1, 0.15) is 18.2 Å². The highest BCUT2D eigenvalue weighted by molar-refractivity contribution is 5.73. The second kappa shape index (κ2) is 11.2. The van der Waals surface area contributed by atoms with E-state index in [2.05, 4.69) is 28.6 Å². The molecule has 0 aliphatic carbocycles. The number of imidazole rings is 1. The summed E-state index contributed by atoms with van der Waals surface area (Å²) in [6.45, 7) is 3.04. The third-order valence-corrected chi connectivity index (χ3v) is 4.68. The number of aromatic nitrogens is 2. The summed E-state index contributed by atoms with van der Waals surface area (Å²) in [6.07, 6.45) is -1.31. The molecule has 0 spiro atoms. The highest BCUT2D eigenvalue weighted by Crippen LogP contribution is 2.27. The normalized spacial score (nSPS) is 10.8. The summed E-state index contributed by atoms with van der Waals surface area (Å²) < 4.78 is 44.8. The number of aryl methyl sites for hydroxylation is 2. The van der Waals surface area contributed by atoms with E-state index in [0.717, 1.165) is 42.1 Å². The van der Waals surface area contributed by atoms with Gasteiger partial charge in [0.25, 0.3) is 0 Å². The molecule has 0 radical (unpaired) electrons. The first-order valence-corrected chi connectivity index (χ1v) is 9.81. The maximum Gasteiger partial charge on any atom is 0.490 e. The minimum absolute atomic E-state index is 0.850. The fourth-order valence-electron chi connectivity index (χ4n) is 3.13. The summed E-state index contributed by atoms with van der Waals surface area (Å²) in [5, 5.41) is 7.12. The molecule has 1 aromatic heterocycles. The van der Waals surface area contributed by atoms with Gasteiger partial charge in [0, 0.05) is 17.8 Å². The molecule has 1 N–H and O–H groups in total. The summed E-state index contributed by atoms with van der Waals surface area (Å²) in [5.74, 6) is -0.968. The molecule has 0 fully saturated rings. The lowest BCUT2D eigenvalue weighted by molar-refractivity contribution is -0.192. The number of aliphatic carboxylic acids is 1. The van der Waals surface area contributed by atoms with Crippen LogP contribution in [0.5, 0.6) is 11.5 Å². The van der Waals surface area contributed by atoms with Crippen molar-refractivity contribution < 1.29 is 32.5 Å². The molecular weight excluding hydrogens is 425 g/mol. The standard InChI is InChI=1S/C21H24N2O2.C2HF3O2/c1-4-19-21(17-9-7-10-18(14-17)24-2)22-15-23(19)13-12-16-8-5-6-11-20(16)25-3;3-2(4,5)1(6)7/h5-11,14-15H,4,12-13H2,1-3H3;(H,6,7). The number of hydrogen-bond acceptors (Lipinski definition) is 4. The van der Waals surface area contributed by atoms with Crippen molar-refractivity contribution in [2.24, 2.45) is 0 Å². The summed E-state index contributed by atoms with van der Waals surface area (Å²) in [4.78, 5) is 13.6. The Bertz CT molecular complexity index is 1030. The summed E-state index contributed by atoms with van der Waals surface area (Å²) in [7, 11) is 3.40. The number of methoxy groups -OCH3 is 2. The quantitative estimate of drug-likeness (QED) is 0.548. The van der Waals surface area contributed by atoms with Crippen LogP contribution < -0.4 is 9.47 Å². The molecule has 3 aromatic rings. The molecule has 0 aliphatic heterocycles. The van der Waals surface area contributed by atoms with Gasteiger partial charge in [-0.05, 0) is 36.6 Å². The summed E-state index contributed by atoms with van der Waals surface area (Å²) >= 11 is 0. The predicted molar refractivity (Wildman–Crippen MR) is 114 cm³/mol. The van der Waals surface area contributed by atoms with Crippen LogP contribution >= 0.6 is 0 Å². The zero-order valence-corrected chi connectivity index (χ0v) is 18.0. The second-order valence-electron chi connectivity index (χ2n) is 6.68. The summed E-state index contributed by atoms with van der Waals surface area (Å²) in [6, 6.07) is 16.2. The van der Waals surface area contributed by atoms with Gasteiger partial charge < -0.3 is 19.1 Å². The smallest absolute Gasteiger partial charge is 0.490 e. The maximum atomic E-state index is 10.6. The first kappa shape index (κ1) is 24.8. The lowest BCUT2D eigenvalue weighted by atomic mass is 10.1. The van der Waals surface area contributed by atoms with Gasteiger partial charge in [0.1, 0.15) is 11.5 Å². The number of hydrogen-bond donors (Lipinski definition) is 1. The van der Waals surface area contributed by atoms with E-state index in [9.17, 15) is 13.2 Å². The minimum Gasteiger partial charge on any atom is -0.497 e. The minimum atomic E-state index is -5.08. The number of benzene rings is 2. The summed E-state index contributed by atoms with van der Waals surface area (Å²) in [5.41, 5.74) is 4.57. The van der Waals surface area contributed by atoms with Crippen molar-refractivity contribution in [3.63, 3.8) is 0 Å². The number of ether oxygens (including phenoxy) is 2. The van der Waals surface area contributed by atoms with Gasteiger partial charge in [-0.15, -0.1) is 0 Å². The van der Waals surface area contributed by atoms with Crippen LogP contribution in [-0.2, 0) is 24.2 Å². The molecule has 0 atom stereocenters. The molecule has 6 nitrogen and oxygen atoms in total. The van der Waals surface area contributed by atoms with E-state index < -0.39 is 12.1 Å². The van der Waals surface area contributed by atoms with Gasteiger partial charge in [-0.1, -0.05) is 37.3 Å². The molecule has 0 saturated carbocycles. The Balaban J connectivity index is 0.000000451. The fourth-order valence-corrected chi connectivity index (χ4v) is 3.13. The molecule has 0 saturated heterocycles. The van der Waals surface area contributed by atoms with Gasteiger partial charge in [0.2, 0.25) is 0 Å². The van der Waals surface area contributed by atoms with Crippen LogP contribution in [0, 0.1) is 0 Å². The van der Waals surface area contributed by atoms with Crippen molar-refractivity contribution in [1.29, 1.82) is 0 Å². The van der Waals surface area contributed by atoms with Gasteiger partial charge >= 0.3 is 12.1 Å². The maximum absolute atomic E-state index is 10.6. The Labute approximate surface area is 184 Å². The van der Waals surface area contributed by atoms with Gasteiger partial charge in [-0.2, -0.15) is 13.2 Å². The zero-order valence-electron chi connectivity index (χ0n) is 18.0. The first-order valence-electron chi connectivity index (χ1n) is 9.81. The number of nitrogens with zero attached hydrogens (tertiary/aromatic N) is 2. The molecule has 172 valence electrons. The molecule has 32 heavy (non-hydrogen) atoms. The SMILES string of the molecule is CCc1c(-c2cccc(OC)c2)ncn1CCc1ccccc1OC.O=C(O)C(F)(F)F. The molecule has 9 heteroatoms. The highest BCUT2D eigenvalue weighted by atomic mass is 19.4. The molecule has 0 unspecified atom stereocenters. The lowest BCUT2D eigenvalue weighted by Crippen LogP contribution is -2.21. The number of carboxylic acids is 1. The van der Waals surface area contributed by atoms with Crippen molar-refractivity contribution in [2.75, 3.05) is 14.2 Å². The van der Waals surface area contributed by atoms with E-state index in [-0.39, 0.29) is 0 Å². The number of alkyl halides is 3. The molecule has 0 bridgehead atoms. The van der Waals surface area contributed by atoms with E-state index in [1.165, 1.54) is 11.3 Å². The van der Waals surface area contributed by atoms with Crippen LogP contribution in [-0.4, -0.2) is 41.0 Å². The van der Waals surface area contributed by atoms with E-state index in [4.69, 9.17) is 19.4 Å². The number of halogens is 3. The average molecular weight is 450 g/mol. The largest absolute Gasteiger partial charge is 0.497 e. The van der Waals surface area contributed by atoms with Crippen LogP contribution in [0.3, 0.4) is 0 Å². The number of carbonyl (C=O) groups is 1. The van der Waals surface area contributed by atoms with Crippen molar-refractivity contribution in [1.82, 2.24) is 9.55 Å². The van der Waals surface area contributed by atoms with Gasteiger partial charge in [0.05, 0.1) is 26.2 Å². The Hall–Kier alpha value is -3.49. The van der Waals surface area contributed by atoms with Crippen LogP contribution in [0.15, 0.2) is 54.9 Å². The lowest BCUT2D eigenvalue weighted by Gasteiger charge is -2.11. The van der Waals surface area contributed by atoms with E-state index >= 15 is 0 Å². The van der Waals surface area contributed by atoms with Crippen molar-refractivity contribution >= 4 is 5.97 Å². The fraction of sp³-hybridized carbons (Fsp3) is 0.304. The molecule has 3 rings (SSSR count). The third-order valence-electron chi connectivity index (χ3n) is 4.68. The van der Waals surface area contributed by atoms with Gasteiger partial charge in [0.15, 0.2) is 0 Å². The Morgan fingerprint density at radius 3 is 2.38 bits per heavy atom. The topological polar surface area (TPSA) is 73.6 Å². The Kier molecular flexibility index (Phi) is 8.69. The van der Waals surface area contributed by atoms with E-state index in [1.807, 2.05) is 42.7 Å². The zero-order chi connectivity index (χ0) is 23.7. The van der Waals surface area contributed by atoms with Crippen LogP contribution in [0.2, 0.25) is 0 Å². The van der Waals surface area contributed by atoms with E-state index in [0.29, 0.717) is 0 Å². The second-order valence-corrected chi connectivity index (χ2v) is 6.68. The van der Waals surface area contributed by atoms with Gasteiger partial charge in [-0.3, -0.25) is 0 Å².